The summed E-state index contributed by atoms with van der Waals surface area (Å²) >= 11 is 0. The third kappa shape index (κ3) is 1300. The summed E-state index contributed by atoms with van der Waals surface area (Å²) < 4.78 is 0. The molecule has 0 nitrogen and oxygen atoms in total. The van der Waals surface area contributed by atoms with Crippen LogP contribution in [0.1, 0.15) is 116 Å². The Morgan fingerprint density at radius 3 is 0.227 bits per heavy atom. The van der Waals surface area contributed by atoms with Crippen LogP contribution in [0.25, 0.3) is 0 Å². The maximum Gasteiger partial charge on any atom is 0.0587 e. The van der Waals surface area contributed by atoms with Gasteiger partial charge in [0.25, 0.3) is 0 Å². The van der Waals surface area contributed by atoms with Crippen molar-refractivity contribution in [1.29, 1.82) is 0 Å². The first-order chi connectivity index (χ1) is 21.2. The summed E-state index contributed by atoms with van der Waals surface area (Å²) in [4.78, 5) is 0. The molecule has 0 rings (SSSR count). The lowest BCUT2D eigenvalue weighted by Gasteiger charge is -1.71. The van der Waals surface area contributed by atoms with E-state index in [4.69, 9.17) is 0 Å². The highest BCUT2D eigenvalue weighted by Crippen LogP contribution is 1.78. The van der Waals surface area contributed by atoms with E-state index in [-0.39, 0.29) is 0 Å². The highest BCUT2D eigenvalue weighted by molar-refractivity contribution is 4.42. The molecule has 44 heavy (non-hydrogen) atoms. The van der Waals surface area contributed by atoms with Crippen molar-refractivity contribution in [1.82, 2.24) is 0 Å². The van der Waals surface area contributed by atoms with Gasteiger partial charge in [-0.25, -0.2) is 0 Å². The highest BCUT2D eigenvalue weighted by atomic mass is 13.7. The second-order valence-electron chi connectivity index (χ2n) is 6.36. The first-order valence-corrected chi connectivity index (χ1v) is 15.5. The van der Waals surface area contributed by atoms with Gasteiger partial charge in [-0.2, -0.15) is 0 Å². The average Bonchev–Trinajstić information content (AvgIpc) is 3.15. The van der Waals surface area contributed by atoms with Crippen LogP contribution in [0.2, 0.25) is 0 Å². The number of rotatable bonds is 9. The molecule has 0 aromatic heterocycles. The Labute approximate surface area is 292 Å². The van der Waals surface area contributed by atoms with Crippen molar-refractivity contribution >= 4 is 0 Å². The fourth-order valence-corrected chi connectivity index (χ4v) is 0. The van der Waals surface area contributed by atoms with Crippen molar-refractivity contribution in [3.05, 3.63) is 177 Å². The summed E-state index contributed by atoms with van der Waals surface area (Å²) in [5, 5.41) is 0. The molecular formula is C44H88. The maximum absolute atomic E-state index is 3.54. The van der Waals surface area contributed by atoms with Crippen molar-refractivity contribution < 1.29 is 0 Å². The van der Waals surface area contributed by atoms with E-state index in [1.165, 1.54) is 0 Å². The van der Waals surface area contributed by atoms with Gasteiger partial charge < -0.3 is 62.3 Å². The molecule has 0 aromatic rings. The third-order valence-corrected chi connectivity index (χ3v) is 2.25. The SMILES string of the molecule is C=C.C=C.C=C.C=C.[CH2+]CC[CH2-].[CH2+]CC[CH2-].[CH2+]CC[CH2-].[CH2+]CC[CH2-].[CH2+]CC[CH2-].[CH2+]CC[CH2-].[CH2+]CC[CH2-].[CH2+]CC[CH2-].[CH2+]CC[CH2-]. The van der Waals surface area contributed by atoms with E-state index in [1.807, 2.05) is 0 Å². The van der Waals surface area contributed by atoms with Gasteiger partial charge in [-0.1, -0.05) is 0 Å². The summed E-state index contributed by atoms with van der Waals surface area (Å²) in [5.74, 6) is 0. The van der Waals surface area contributed by atoms with E-state index in [1.54, 1.807) is 0 Å². The van der Waals surface area contributed by atoms with Crippen LogP contribution in [0.15, 0.2) is 52.6 Å². The minimum absolute atomic E-state index is 0.958. The average molecular weight is 617 g/mol. The lowest BCUT2D eigenvalue weighted by Crippen LogP contribution is -1.49. The van der Waals surface area contributed by atoms with Gasteiger partial charge in [0, 0.05) is 0 Å². The molecule has 264 valence electrons. The van der Waals surface area contributed by atoms with Crippen molar-refractivity contribution in [3.63, 3.8) is 0 Å². The molecule has 0 aliphatic carbocycles. The molecular weight excluding hydrogens is 528 g/mol. The molecule has 0 radical (unpaired) electrons. The van der Waals surface area contributed by atoms with Crippen molar-refractivity contribution in [3.8, 4) is 0 Å². The van der Waals surface area contributed by atoms with Gasteiger partial charge in [0.1, 0.15) is 0 Å². The lowest BCUT2D eigenvalue weighted by molar-refractivity contribution is 1.05. The fourth-order valence-electron chi connectivity index (χ4n) is 0. The fraction of sp³-hybridized carbons (Fsp3) is 0.409. The normalized spacial score (nSPS) is 6.30. The van der Waals surface area contributed by atoms with Crippen LogP contribution < -0.4 is 0 Å². The monoisotopic (exact) mass is 617 g/mol. The van der Waals surface area contributed by atoms with Crippen LogP contribution in [0, 0.1) is 125 Å². The minimum Gasteiger partial charge on any atom is -0.339 e. The molecule has 0 heterocycles. The summed E-state index contributed by atoms with van der Waals surface area (Å²) in [6.45, 7) is 87.8. The van der Waals surface area contributed by atoms with Crippen LogP contribution in [-0.2, 0) is 0 Å². The second kappa shape index (κ2) is 259. The van der Waals surface area contributed by atoms with Crippen molar-refractivity contribution in [2.75, 3.05) is 0 Å². The molecule has 0 saturated carbocycles. The van der Waals surface area contributed by atoms with E-state index in [9.17, 15) is 0 Å². The Morgan fingerprint density at radius 2 is 0.227 bits per heavy atom. The van der Waals surface area contributed by atoms with Crippen LogP contribution in [0.3, 0.4) is 0 Å². The van der Waals surface area contributed by atoms with Crippen LogP contribution in [-0.4, -0.2) is 0 Å². The van der Waals surface area contributed by atoms with Gasteiger partial charge in [0.2, 0.25) is 0 Å². The van der Waals surface area contributed by atoms with E-state index < -0.39 is 0 Å². The molecule has 0 saturated heterocycles. The van der Waals surface area contributed by atoms with Crippen molar-refractivity contribution in [2.24, 2.45) is 0 Å². The quantitative estimate of drug-likeness (QED) is 0.178. The Bertz CT molecular complexity index is 113. The zero-order valence-corrected chi connectivity index (χ0v) is 31.1. The highest BCUT2D eigenvalue weighted by Gasteiger charge is 1.60. The molecule has 0 bridgehead atoms. The van der Waals surface area contributed by atoms with Gasteiger partial charge in [0.15, 0.2) is 0 Å². The Kier molecular flexibility index (Phi) is 494. The summed E-state index contributed by atoms with van der Waals surface area (Å²) in [5.41, 5.74) is 0. The first-order valence-electron chi connectivity index (χ1n) is 15.5. The molecule has 0 heteroatoms. The van der Waals surface area contributed by atoms with E-state index in [2.05, 4.69) is 177 Å². The standard InChI is InChI=1S/9C4H8.4C2H4/c9*1-3-4-2;4*1-2/h9*1-4H2;4*1-2H2. The predicted molar refractivity (Wildman–Crippen MR) is 225 cm³/mol. The van der Waals surface area contributed by atoms with Gasteiger partial charge in [-0.3, -0.25) is 0 Å². The van der Waals surface area contributed by atoms with Gasteiger partial charge in [-0.05, 0) is 0 Å². The van der Waals surface area contributed by atoms with E-state index in [0.717, 1.165) is 116 Å². The molecule has 0 unspecified atom stereocenters. The van der Waals surface area contributed by atoms with Crippen LogP contribution >= 0.6 is 0 Å². The molecule has 0 aromatic carbocycles. The molecule has 0 N–H and O–H groups in total. The van der Waals surface area contributed by atoms with Gasteiger partial charge in [0.05, 0.1) is 120 Å². The number of unbranched alkanes of at least 4 members (excludes halogenated alkanes) is 9. The molecule has 0 amide bonds. The van der Waals surface area contributed by atoms with Gasteiger partial charge >= 0.3 is 0 Å². The topological polar surface area (TPSA) is 0 Å². The minimum atomic E-state index is 0.958. The lowest BCUT2D eigenvalue weighted by atomic mass is 10.4. The molecule has 0 atom stereocenters. The molecule has 0 fully saturated rings. The predicted octanol–water partition coefficient (Wildman–Crippen LogP) is 16.1. The van der Waals surface area contributed by atoms with E-state index >= 15 is 0 Å². The Morgan fingerprint density at radius 1 is 0.205 bits per heavy atom. The Balaban J connectivity index is -0.0000000217. The summed E-state index contributed by atoms with van der Waals surface area (Å²) in [7, 11) is 0. The molecule has 0 spiro atoms. The molecule has 0 aliphatic rings. The summed E-state index contributed by atoms with van der Waals surface area (Å²) in [6, 6.07) is 0. The van der Waals surface area contributed by atoms with E-state index in [0.29, 0.717) is 0 Å². The largest absolute Gasteiger partial charge is 0.339 e. The van der Waals surface area contributed by atoms with Crippen LogP contribution in [0.4, 0.5) is 0 Å². The smallest absolute Gasteiger partial charge is 0.0587 e. The number of hydrogen-bond acceptors (Lipinski definition) is 0. The van der Waals surface area contributed by atoms with Crippen LogP contribution in [0.5, 0.6) is 0 Å². The second-order valence-corrected chi connectivity index (χ2v) is 6.36. The Hall–Kier alpha value is -2.21. The van der Waals surface area contributed by atoms with Gasteiger partial charge in [-0.15, -0.1) is 110 Å². The van der Waals surface area contributed by atoms with Crippen molar-refractivity contribution in [2.45, 2.75) is 116 Å². The first kappa shape index (κ1) is 83.9. The number of hydrogen-bond donors (Lipinski definition) is 0. The zero-order valence-electron chi connectivity index (χ0n) is 31.1. The molecule has 0 aliphatic heterocycles. The maximum atomic E-state index is 3.54. The third-order valence-electron chi connectivity index (χ3n) is 2.25. The zero-order chi connectivity index (χ0) is 38.7. The summed E-state index contributed by atoms with van der Waals surface area (Å²) in [6.07, 6.45) is 17.3.